The number of ether oxygens (including phenoxy) is 1. The molecule has 1 atom stereocenters. The van der Waals surface area contributed by atoms with Crippen molar-refractivity contribution in [2.45, 2.75) is 20.0 Å². The molecule has 0 amide bonds. The number of hydrogen-bond donors (Lipinski definition) is 2. The molecular formula is C7H18N2O. The van der Waals surface area contributed by atoms with Crippen LogP contribution in [0.1, 0.15) is 13.8 Å². The van der Waals surface area contributed by atoms with Gasteiger partial charge in [0.15, 0.2) is 0 Å². The van der Waals surface area contributed by atoms with Crippen LogP contribution < -0.4 is 10.6 Å². The number of morpholine rings is 1. The van der Waals surface area contributed by atoms with Crippen LogP contribution in [0, 0.1) is 0 Å². The highest BCUT2D eigenvalue weighted by Crippen LogP contribution is 1.85. The SMILES string of the molecule is CC.CNC1COCCN1. The zero-order chi connectivity index (χ0) is 7.82. The van der Waals surface area contributed by atoms with Gasteiger partial charge in [0.25, 0.3) is 0 Å². The largest absolute Gasteiger partial charge is 0.377 e. The maximum absolute atomic E-state index is 5.15. The van der Waals surface area contributed by atoms with E-state index in [0.717, 1.165) is 19.8 Å². The van der Waals surface area contributed by atoms with Crippen molar-refractivity contribution in [1.29, 1.82) is 0 Å². The van der Waals surface area contributed by atoms with Crippen LogP contribution in [0.3, 0.4) is 0 Å². The van der Waals surface area contributed by atoms with Crippen LogP contribution >= 0.6 is 0 Å². The van der Waals surface area contributed by atoms with Crippen molar-refractivity contribution in [2.24, 2.45) is 0 Å². The van der Waals surface area contributed by atoms with Gasteiger partial charge in [0.1, 0.15) is 0 Å². The Labute approximate surface area is 63.1 Å². The van der Waals surface area contributed by atoms with Crippen molar-refractivity contribution in [3.63, 3.8) is 0 Å². The van der Waals surface area contributed by atoms with E-state index in [1.807, 2.05) is 20.9 Å². The highest BCUT2D eigenvalue weighted by molar-refractivity contribution is 4.64. The summed E-state index contributed by atoms with van der Waals surface area (Å²) >= 11 is 0. The highest BCUT2D eigenvalue weighted by atomic mass is 16.5. The van der Waals surface area contributed by atoms with Gasteiger partial charge in [-0.15, -0.1) is 0 Å². The molecule has 0 aromatic heterocycles. The minimum Gasteiger partial charge on any atom is -0.377 e. The molecule has 2 N–H and O–H groups in total. The molecule has 1 fully saturated rings. The zero-order valence-corrected chi connectivity index (χ0v) is 7.11. The average molecular weight is 146 g/mol. The van der Waals surface area contributed by atoms with Crippen LogP contribution in [0.25, 0.3) is 0 Å². The van der Waals surface area contributed by atoms with E-state index in [4.69, 9.17) is 4.74 Å². The first-order chi connectivity index (χ1) is 4.93. The van der Waals surface area contributed by atoms with Gasteiger partial charge in [0.2, 0.25) is 0 Å². The Balaban J connectivity index is 0.000000371. The summed E-state index contributed by atoms with van der Waals surface area (Å²) in [5.74, 6) is 0. The van der Waals surface area contributed by atoms with E-state index in [9.17, 15) is 0 Å². The van der Waals surface area contributed by atoms with E-state index >= 15 is 0 Å². The lowest BCUT2D eigenvalue weighted by Crippen LogP contribution is -2.48. The summed E-state index contributed by atoms with van der Waals surface area (Å²) in [5.41, 5.74) is 0. The third kappa shape index (κ3) is 3.82. The summed E-state index contributed by atoms with van der Waals surface area (Å²) in [6.45, 7) is 6.60. The fourth-order valence-corrected chi connectivity index (χ4v) is 0.751. The second-order valence-corrected chi connectivity index (χ2v) is 1.87. The monoisotopic (exact) mass is 146 g/mol. The Morgan fingerprint density at radius 2 is 2.20 bits per heavy atom. The third-order valence-corrected chi connectivity index (χ3v) is 1.27. The van der Waals surface area contributed by atoms with Gasteiger partial charge in [-0.05, 0) is 7.05 Å². The minimum atomic E-state index is 0.365. The van der Waals surface area contributed by atoms with Gasteiger partial charge in [-0.1, -0.05) is 13.8 Å². The van der Waals surface area contributed by atoms with Crippen molar-refractivity contribution in [2.75, 3.05) is 26.8 Å². The Kier molecular flexibility index (Phi) is 6.91. The van der Waals surface area contributed by atoms with Gasteiger partial charge in [-0.25, -0.2) is 0 Å². The first-order valence-corrected chi connectivity index (χ1v) is 3.92. The number of likely N-dealkylation sites (N-methyl/N-ethyl adjacent to an activating group) is 1. The lowest BCUT2D eigenvalue weighted by Gasteiger charge is -2.22. The molecule has 0 aromatic rings. The van der Waals surface area contributed by atoms with Crippen LogP contribution in [-0.2, 0) is 4.74 Å². The molecule has 0 radical (unpaired) electrons. The molecule has 3 heteroatoms. The van der Waals surface area contributed by atoms with E-state index in [2.05, 4.69) is 10.6 Å². The van der Waals surface area contributed by atoms with E-state index < -0.39 is 0 Å². The van der Waals surface area contributed by atoms with Crippen LogP contribution in [0.15, 0.2) is 0 Å². The van der Waals surface area contributed by atoms with Gasteiger partial charge in [0.05, 0.1) is 19.4 Å². The summed E-state index contributed by atoms with van der Waals surface area (Å²) in [6, 6.07) is 0. The Hall–Kier alpha value is -0.120. The molecule has 0 aliphatic carbocycles. The Morgan fingerprint density at radius 1 is 1.50 bits per heavy atom. The van der Waals surface area contributed by atoms with Gasteiger partial charge in [-0.2, -0.15) is 0 Å². The normalized spacial score (nSPS) is 24.9. The Bertz CT molecular complexity index is 62.6. The zero-order valence-electron chi connectivity index (χ0n) is 7.11. The molecular weight excluding hydrogens is 128 g/mol. The standard InChI is InChI=1S/C5H12N2O.C2H6/c1-6-5-4-8-3-2-7-5;1-2/h5-7H,2-4H2,1H3;1-2H3. The quantitative estimate of drug-likeness (QED) is 0.553. The Morgan fingerprint density at radius 3 is 2.50 bits per heavy atom. The van der Waals surface area contributed by atoms with Crippen LogP contribution in [0.5, 0.6) is 0 Å². The van der Waals surface area contributed by atoms with Crippen molar-refractivity contribution < 1.29 is 4.74 Å². The number of nitrogens with one attached hydrogen (secondary N) is 2. The second kappa shape index (κ2) is 6.99. The summed E-state index contributed by atoms with van der Waals surface area (Å²) in [4.78, 5) is 0. The summed E-state index contributed by atoms with van der Waals surface area (Å²) in [7, 11) is 1.92. The molecule has 1 aliphatic rings. The maximum Gasteiger partial charge on any atom is 0.0811 e. The first kappa shape index (κ1) is 9.88. The third-order valence-electron chi connectivity index (χ3n) is 1.27. The lowest BCUT2D eigenvalue weighted by atomic mass is 10.4. The van der Waals surface area contributed by atoms with Gasteiger partial charge in [-0.3, -0.25) is 5.32 Å². The lowest BCUT2D eigenvalue weighted by molar-refractivity contribution is 0.0686. The molecule has 1 saturated heterocycles. The average Bonchev–Trinajstić information content (AvgIpc) is 2.10. The molecule has 0 aromatic carbocycles. The predicted octanol–water partition coefficient (Wildman–Crippen LogP) is 0.178. The molecule has 0 saturated carbocycles. The van der Waals surface area contributed by atoms with Crippen molar-refractivity contribution in [3.05, 3.63) is 0 Å². The smallest absolute Gasteiger partial charge is 0.0811 e. The number of hydrogen-bond acceptors (Lipinski definition) is 3. The topological polar surface area (TPSA) is 33.3 Å². The van der Waals surface area contributed by atoms with E-state index in [1.165, 1.54) is 0 Å². The second-order valence-electron chi connectivity index (χ2n) is 1.87. The minimum absolute atomic E-state index is 0.365. The molecule has 1 unspecified atom stereocenters. The molecule has 3 nitrogen and oxygen atoms in total. The molecule has 1 heterocycles. The van der Waals surface area contributed by atoms with E-state index in [1.54, 1.807) is 0 Å². The van der Waals surface area contributed by atoms with Gasteiger partial charge >= 0.3 is 0 Å². The van der Waals surface area contributed by atoms with E-state index in [-0.39, 0.29) is 0 Å². The van der Waals surface area contributed by atoms with Crippen molar-refractivity contribution in [3.8, 4) is 0 Å². The predicted molar refractivity (Wildman–Crippen MR) is 43.0 cm³/mol. The van der Waals surface area contributed by atoms with Crippen LogP contribution in [0.2, 0.25) is 0 Å². The molecule has 1 rings (SSSR count). The van der Waals surface area contributed by atoms with Crippen molar-refractivity contribution in [1.82, 2.24) is 10.6 Å². The highest BCUT2D eigenvalue weighted by Gasteiger charge is 2.08. The van der Waals surface area contributed by atoms with Crippen LogP contribution in [0.4, 0.5) is 0 Å². The fourth-order valence-electron chi connectivity index (χ4n) is 0.751. The van der Waals surface area contributed by atoms with Crippen LogP contribution in [-0.4, -0.2) is 33.0 Å². The van der Waals surface area contributed by atoms with Gasteiger partial charge < -0.3 is 10.1 Å². The van der Waals surface area contributed by atoms with Gasteiger partial charge in [0, 0.05) is 6.54 Å². The van der Waals surface area contributed by atoms with Crippen molar-refractivity contribution >= 4 is 0 Å². The maximum atomic E-state index is 5.15. The fraction of sp³-hybridized carbons (Fsp3) is 1.00. The summed E-state index contributed by atoms with van der Waals surface area (Å²) < 4.78 is 5.15. The molecule has 62 valence electrons. The molecule has 0 bridgehead atoms. The summed E-state index contributed by atoms with van der Waals surface area (Å²) in [6.07, 6.45) is 0.365. The van der Waals surface area contributed by atoms with E-state index in [0.29, 0.717) is 6.17 Å². The summed E-state index contributed by atoms with van der Waals surface area (Å²) in [5, 5.41) is 6.30. The molecule has 0 spiro atoms. The molecule has 1 aliphatic heterocycles. The first-order valence-electron chi connectivity index (χ1n) is 3.92. The number of rotatable bonds is 1. The molecule has 10 heavy (non-hydrogen) atoms.